The number of hydrogen-bond acceptors (Lipinski definition) is 4. The van der Waals surface area contributed by atoms with Crippen LogP contribution >= 0.6 is 28.7 Å². The van der Waals surface area contributed by atoms with Gasteiger partial charge in [0.15, 0.2) is 0 Å². The number of rotatable bonds is 2. The van der Waals surface area contributed by atoms with E-state index in [1.165, 1.54) is 16.3 Å². The Morgan fingerprint density at radius 1 is 1.43 bits per heavy atom. The summed E-state index contributed by atoms with van der Waals surface area (Å²) in [5.74, 6) is 0. The largest absolute Gasteiger partial charge is 0.363 e. The summed E-state index contributed by atoms with van der Waals surface area (Å²) < 4.78 is 0.160. The summed E-state index contributed by atoms with van der Waals surface area (Å²) in [5.41, 5.74) is 10.3. The first-order valence-corrected chi connectivity index (χ1v) is 9.23. The van der Waals surface area contributed by atoms with Crippen molar-refractivity contribution in [3.63, 3.8) is 0 Å². The van der Waals surface area contributed by atoms with Gasteiger partial charge in [0, 0.05) is 10.6 Å². The van der Waals surface area contributed by atoms with E-state index in [-0.39, 0.29) is 4.71 Å². The first-order chi connectivity index (χ1) is 6.54. The summed E-state index contributed by atoms with van der Waals surface area (Å²) in [6, 6.07) is 8.13. The van der Waals surface area contributed by atoms with Crippen LogP contribution in [0.5, 0.6) is 0 Å². The minimum absolute atomic E-state index is 0.160. The number of benzene rings is 1. The Balaban J connectivity index is 2.09. The van der Waals surface area contributed by atoms with Crippen molar-refractivity contribution in [2.75, 3.05) is 5.32 Å². The van der Waals surface area contributed by atoms with Gasteiger partial charge >= 0.3 is 0 Å². The van der Waals surface area contributed by atoms with Gasteiger partial charge in [0.05, 0.1) is 0 Å². The number of nitrogens with two attached hydrogens (primary N) is 2. The summed E-state index contributed by atoms with van der Waals surface area (Å²) >= 11 is 8.18. The molecule has 0 spiro atoms. The minimum atomic E-state index is -2.18. The number of fused-ring (bicyclic) bond motifs is 1. The molecular weight excluding hydrogens is 253 g/mol. The summed E-state index contributed by atoms with van der Waals surface area (Å²) in [6.07, 6.45) is 0. The topological polar surface area (TPSA) is 64.1 Å². The first kappa shape index (κ1) is 10.8. The molecule has 0 radical (unpaired) electrons. The van der Waals surface area contributed by atoms with Crippen LogP contribution in [0.2, 0.25) is 0 Å². The second-order valence-corrected chi connectivity index (χ2v) is 11.2. The standard InChI is InChI=1S/C7H10N3PS3/c8-11(9,12)14-7-10-5-3-1-2-4-6(5)13-7/h1-4,7,10H,(H4,8,9,12). The molecule has 1 aliphatic heterocycles. The van der Waals surface area contributed by atoms with Crippen LogP contribution in [0, 0.1) is 0 Å². The zero-order chi connectivity index (χ0) is 10.2. The molecule has 2 rings (SSSR count). The maximum absolute atomic E-state index is 5.66. The van der Waals surface area contributed by atoms with Crippen LogP contribution < -0.4 is 16.3 Å². The van der Waals surface area contributed by atoms with E-state index < -0.39 is 5.54 Å². The molecule has 0 saturated carbocycles. The van der Waals surface area contributed by atoms with Gasteiger partial charge in [0.25, 0.3) is 0 Å². The van der Waals surface area contributed by atoms with Crippen molar-refractivity contribution in [2.45, 2.75) is 9.60 Å². The van der Waals surface area contributed by atoms with Gasteiger partial charge in [0.2, 0.25) is 0 Å². The predicted octanol–water partition coefficient (Wildman–Crippen LogP) is 2.36. The van der Waals surface area contributed by atoms with E-state index in [1.54, 1.807) is 11.8 Å². The molecule has 1 heterocycles. The SMILES string of the molecule is NP(N)(=S)SC1Nc2ccccc2S1. The molecule has 0 amide bonds. The lowest BCUT2D eigenvalue weighted by molar-refractivity contribution is 1.40. The molecule has 5 N–H and O–H groups in total. The Bertz CT molecular complexity index is 367. The van der Waals surface area contributed by atoms with Crippen LogP contribution in [0.1, 0.15) is 0 Å². The van der Waals surface area contributed by atoms with Crippen LogP contribution in [0.15, 0.2) is 29.2 Å². The van der Waals surface area contributed by atoms with Crippen molar-refractivity contribution in [3.8, 4) is 0 Å². The highest BCUT2D eigenvalue weighted by molar-refractivity contribution is 8.71. The van der Waals surface area contributed by atoms with E-state index in [9.17, 15) is 0 Å². The molecule has 3 nitrogen and oxygen atoms in total. The quantitative estimate of drug-likeness (QED) is 0.712. The van der Waals surface area contributed by atoms with E-state index in [1.807, 2.05) is 18.2 Å². The van der Waals surface area contributed by atoms with Crippen molar-refractivity contribution in [2.24, 2.45) is 11.0 Å². The van der Waals surface area contributed by atoms with Crippen LogP contribution in [0.4, 0.5) is 5.69 Å². The van der Waals surface area contributed by atoms with Crippen LogP contribution in [-0.2, 0) is 11.8 Å². The Morgan fingerprint density at radius 3 is 2.79 bits per heavy atom. The maximum atomic E-state index is 5.66. The highest BCUT2D eigenvalue weighted by Gasteiger charge is 2.24. The van der Waals surface area contributed by atoms with Gasteiger partial charge < -0.3 is 5.32 Å². The molecule has 1 aromatic carbocycles. The smallest absolute Gasteiger partial charge is 0.131 e. The fourth-order valence-corrected chi connectivity index (χ4v) is 6.94. The van der Waals surface area contributed by atoms with Gasteiger partial charge in [-0.15, -0.1) is 0 Å². The molecule has 1 atom stereocenters. The second kappa shape index (κ2) is 4.04. The molecule has 1 aliphatic rings. The molecule has 0 saturated heterocycles. The molecule has 76 valence electrons. The normalized spacial score (nSPS) is 20.3. The molecule has 0 aromatic heterocycles. The number of hydrogen-bond donors (Lipinski definition) is 3. The molecule has 0 fully saturated rings. The van der Waals surface area contributed by atoms with Crippen molar-refractivity contribution < 1.29 is 0 Å². The molecular formula is C7H10N3PS3. The fraction of sp³-hybridized carbons (Fsp3) is 0.143. The van der Waals surface area contributed by atoms with Crippen molar-refractivity contribution >= 4 is 46.2 Å². The predicted molar refractivity (Wildman–Crippen MR) is 70.0 cm³/mol. The van der Waals surface area contributed by atoms with Crippen LogP contribution in [-0.4, -0.2) is 4.71 Å². The van der Waals surface area contributed by atoms with E-state index >= 15 is 0 Å². The third-order valence-electron chi connectivity index (χ3n) is 1.65. The lowest BCUT2D eigenvalue weighted by Crippen LogP contribution is -2.09. The van der Waals surface area contributed by atoms with Gasteiger partial charge in [-0.05, 0) is 12.1 Å². The lowest BCUT2D eigenvalue weighted by Gasteiger charge is -2.14. The number of nitrogens with one attached hydrogen (secondary N) is 1. The van der Waals surface area contributed by atoms with E-state index in [2.05, 4.69) is 11.4 Å². The Labute approximate surface area is 96.2 Å². The number of anilines is 1. The highest BCUT2D eigenvalue weighted by atomic mass is 32.9. The van der Waals surface area contributed by atoms with Gasteiger partial charge in [-0.1, -0.05) is 47.1 Å². The minimum Gasteiger partial charge on any atom is -0.363 e. The van der Waals surface area contributed by atoms with Gasteiger partial charge in [0.1, 0.15) is 10.2 Å². The second-order valence-electron chi connectivity index (χ2n) is 2.84. The van der Waals surface area contributed by atoms with Crippen LogP contribution in [0.3, 0.4) is 0 Å². The fourth-order valence-electron chi connectivity index (χ4n) is 1.16. The van der Waals surface area contributed by atoms with Gasteiger partial charge in [-0.2, -0.15) is 0 Å². The van der Waals surface area contributed by atoms with Gasteiger partial charge in [-0.3, -0.25) is 11.0 Å². The van der Waals surface area contributed by atoms with Crippen molar-refractivity contribution in [3.05, 3.63) is 24.3 Å². The molecule has 0 aliphatic carbocycles. The summed E-state index contributed by atoms with van der Waals surface area (Å²) in [5, 5.41) is 3.32. The molecule has 1 unspecified atom stereocenters. The average molecular weight is 263 g/mol. The average Bonchev–Trinajstić information content (AvgIpc) is 2.42. The first-order valence-electron chi connectivity index (χ1n) is 3.92. The summed E-state index contributed by atoms with van der Waals surface area (Å²) in [4.78, 5) is 1.23. The Morgan fingerprint density at radius 2 is 2.14 bits per heavy atom. The summed E-state index contributed by atoms with van der Waals surface area (Å²) in [7, 11) is 0. The Kier molecular flexibility index (Phi) is 3.12. The van der Waals surface area contributed by atoms with E-state index in [0.717, 1.165) is 5.69 Å². The zero-order valence-corrected chi connectivity index (χ0v) is 10.6. The maximum Gasteiger partial charge on any atom is 0.131 e. The van der Waals surface area contributed by atoms with Crippen LogP contribution in [0.25, 0.3) is 0 Å². The molecule has 14 heavy (non-hydrogen) atoms. The van der Waals surface area contributed by atoms with Crippen molar-refractivity contribution in [1.29, 1.82) is 0 Å². The molecule has 1 aromatic rings. The van der Waals surface area contributed by atoms with E-state index in [4.69, 9.17) is 22.8 Å². The third kappa shape index (κ3) is 2.66. The Hall–Kier alpha value is 0.290. The van der Waals surface area contributed by atoms with Crippen molar-refractivity contribution in [1.82, 2.24) is 0 Å². The number of para-hydroxylation sites is 1. The molecule has 7 heteroatoms. The lowest BCUT2D eigenvalue weighted by atomic mass is 10.3. The van der Waals surface area contributed by atoms with E-state index in [0.29, 0.717) is 0 Å². The summed E-state index contributed by atoms with van der Waals surface area (Å²) in [6.45, 7) is 0. The number of thioether (sulfide) groups is 1. The highest BCUT2D eigenvalue weighted by Crippen LogP contribution is 2.54. The molecule has 0 bridgehead atoms. The third-order valence-corrected chi connectivity index (χ3v) is 6.64. The monoisotopic (exact) mass is 263 g/mol. The zero-order valence-electron chi connectivity index (χ0n) is 7.21. The van der Waals surface area contributed by atoms with Gasteiger partial charge in [-0.25, -0.2) is 0 Å².